The fraction of sp³-hybridized carbons (Fsp3) is 0.0556. The van der Waals surface area contributed by atoms with Gasteiger partial charge in [0, 0.05) is 22.9 Å². The number of aromatic nitrogens is 2. The Hall–Kier alpha value is -3.69. The van der Waals surface area contributed by atoms with Gasteiger partial charge in [-0.3, -0.25) is 14.6 Å². The lowest BCUT2D eigenvalue weighted by molar-refractivity contribution is -0.0919. The third-order valence-corrected chi connectivity index (χ3v) is 4.00. The van der Waals surface area contributed by atoms with E-state index in [0.717, 1.165) is 12.1 Å². The molecule has 2 aromatic heterocycles. The second-order valence-electron chi connectivity index (χ2n) is 5.82. The maximum absolute atomic E-state index is 13.4. The average Bonchev–Trinajstić information content (AvgIpc) is 3.05. The Morgan fingerprint density at radius 1 is 1.04 bits per heavy atom. The summed E-state index contributed by atoms with van der Waals surface area (Å²) < 4.78 is 54.4. The Balaban J connectivity index is 2.24. The van der Waals surface area contributed by atoms with Gasteiger partial charge in [-0.25, -0.2) is 9.37 Å². The number of hydrogen-bond donors (Lipinski definition) is 3. The lowest BCUT2D eigenvalue weighted by atomic mass is 9.95. The van der Waals surface area contributed by atoms with Crippen molar-refractivity contribution < 1.29 is 22.4 Å². The van der Waals surface area contributed by atoms with Crippen molar-refractivity contribution in [1.29, 1.82) is 5.41 Å². The zero-order chi connectivity index (χ0) is 20.6. The van der Waals surface area contributed by atoms with Crippen molar-refractivity contribution in [2.24, 2.45) is 11.5 Å². The molecule has 0 saturated carbocycles. The third-order valence-electron chi connectivity index (χ3n) is 4.00. The monoisotopic (exact) mass is 391 g/mol. The van der Waals surface area contributed by atoms with E-state index in [1.807, 2.05) is 0 Å². The van der Waals surface area contributed by atoms with Crippen LogP contribution in [0.25, 0.3) is 11.2 Å². The number of halogens is 4. The average molecular weight is 391 g/mol. The molecule has 0 radical (unpaired) electrons. The Morgan fingerprint density at radius 2 is 1.64 bits per heavy atom. The van der Waals surface area contributed by atoms with Gasteiger partial charge in [-0.2, -0.15) is 13.2 Å². The molecule has 5 N–H and O–H groups in total. The van der Waals surface area contributed by atoms with Crippen LogP contribution in [0, 0.1) is 11.2 Å². The van der Waals surface area contributed by atoms with Crippen LogP contribution in [0.4, 0.5) is 17.6 Å². The van der Waals surface area contributed by atoms with E-state index in [1.165, 1.54) is 41.1 Å². The van der Waals surface area contributed by atoms with Gasteiger partial charge in [-0.1, -0.05) is 0 Å². The molecule has 144 valence electrons. The Labute approximate surface area is 155 Å². The van der Waals surface area contributed by atoms with Crippen LogP contribution in [0.15, 0.2) is 54.5 Å². The fourth-order valence-corrected chi connectivity index (χ4v) is 2.65. The summed E-state index contributed by atoms with van der Waals surface area (Å²) >= 11 is 0. The summed E-state index contributed by atoms with van der Waals surface area (Å²) in [5.74, 6) is -1.43. The van der Waals surface area contributed by atoms with E-state index in [0.29, 0.717) is 0 Å². The van der Waals surface area contributed by atoms with Crippen LogP contribution in [-0.2, 0) is 0 Å². The second kappa shape index (κ2) is 6.80. The summed E-state index contributed by atoms with van der Waals surface area (Å²) in [6.07, 6.45) is -2.55. The summed E-state index contributed by atoms with van der Waals surface area (Å²) in [7, 11) is 0. The highest BCUT2D eigenvalue weighted by Gasteiger charge is 2.36. The van der Waals surface area contributed by atoms with E-state index in [1.54, 1.807) is 0 Å². The van der Waals surface area contributed by atoms with Crippen LogP contribution < -0.4 is 11.5 Å². The second-order valence-corrected chi connectivity index (χ2v) is 5.82. The van der Waals surface area contributed by atoms with Crippen LogP contribution in [-0.4, -0.2) is 27.2 Å². The number of carbonyl (C=O) groups excluding carboxylic acids is 1. The molecule has 1 aromatic carbocycles. The molecule has 0 bridgehead atoms. The van der Waals surface area contributed by atoms with Crippen molar-refractivity contribution in [1.82, 2.24) is 9.38 Å². The number of imidazole rings is 1. The number of carbonyl (C=O) groups is 1. The van der Waals surface area contributed by atoms with Gasteiger partial charge in [0.05, 0.1) is 11.9 Å². The molecule has 6 nitrogen and oxygen atoms in total. The molecular formula is C18H13F4N5O. The van der Waals surface area contributed by atoms with Crippen LogP contribution in [0.3, 0.4) is 0 Å². The standard InChI is InChI=1S/C18H13F4N5O/c19-11-4-1-9(2-5-11)15(23)14(16(24)18(20,21)22)10-3-6-13-26-7-12(17(25)28)27(13)8-10/h1-8,23H,24H2,(H2,25,28)/b16-14-,23-15?. The Kier molecular flexibility index (Phi) is 4.63. The van der Waals surface area contributed by atoms with Crippen molar-refractivity contribution in [3.63, 3.8) is 0 Å². The zero-order valence-corrected chi connectivity index (χ0v) is 14.1. The lowest BCUT2D eigenvalue weighted by Crippen LogP contribution is -2.24. The van der Waals surface area contributed by atoms with Crippen molar-refractivity contribution >= 4 is 22.8 Å². The molecule has 10 heteroatoms. The minimum Gasteiger partial charge on any atom is -0.394 e. The molecule has 0 fully saturated rings. The summed E-state index contributed by atoms with van der Waals surface area (Å²) in [5, 5.41) is 8.24. The van der Waals surface area contributed by atoms with Gasteiger partial charge in [-0.05, 0) is 36.4 Å². The predicted molar refractivity (Wildman–Crippen MR) is 94.1 cm³/mol. The molecule has 0 atom stereocenters. The maximum atomic E-state index is 13.4. The number of primary amides is 1. The first-order valence-corrected chi connectivity index (χ1v) is 7.78. The predicted octanol–water partition coefficient (Wildman–Crippen LogP) is 2.87. The van der Waals surface area contributed by atoms with Crippen LogP contribution >= 0.6 is 0 Å². The van der Waals surface area contributed by atoms with Gasteiger partial charge in [0.25, 0.3) is 5.91 Å². The number of amides is 1. The molecule has 2 heterocycles. The van der Waals surface area contributed by atoms with Crippen LogP contribution in [0.1, 0.15) is 21.6 Å². The van der Waals surface area contributed by atoms with E-state index in [2.05, 4.69) is 4.98 Å². The van der Waals surface area contributed by atoms with Gasteiger partial charge in [0.1, 0.15) is 22.9 Å². The number of fused-ring (bicyclic) bond motifs is 1. The fourth-order valence-electron chi connectivity index (χ4n) is 2.65. The number of nitrogens with zero attached hydrogens (tertiary/aromatic N) is 2. The highest BCUT2D eigenvalue weighted by atomic mass is 19.4. The molecule has 0 saturated heterocycles. The van der Waals surface area contributed by atoms with Crippen LogP contribution in [0.2, 0.25) is 0 Å². The van der Waals surface area contributed by atoms with Crippen molar-refractivity contribution in [3.05, 3.63) is 77.1 Å². The van der Waals surface area contributed by atoms with Gasteiger partial charge >= 0.3 is 6.18 Å². The summed E-state index contributed by atoms with van der Waals surface area (Å²) in [6, 6.07) is 7.05. The Bertz CT molecular complexity index is 1110. The first-order valence-electron chi connectivity index (χ1n) is 7.78. The van der Waals surface area contributed by atoms with Crippen molar-refractivity contribution in [2.45, 2.75) is 6.18 Å². The van der Waals surface area contributed by atoms with E-state index in [9.17, 15) is 22.4 Å². The van der Waals surface area contributed by atoms with Crippen molar-refractivity contribution in [3.8, 4) is 0 Å². The van der Waals surface area contributed by atoms with Crippen molar-refractivity contribution in [2.75, 3.05) is 0 Å². The number of hydrogen-bond acceptors (Lipinski definition) is 4. The SMILES string of the molecule is N=C(/C(=C(\N)C(F)(F)F)c1ccc2ncc(C(N)=O)n2c1)c1ccc(F)cc1. The minimum atomic E-state index is -4.92. The highest BCUT2D eigenvalue weighted by molar-refractivity contribution is 6.31. The first-order chi connectivity index (χ1) is 13.1. The van der Waals surface area contributed by atoms with Crippen LogP contribution in [0.5, 0.6) is 0 Å². The number of pyridine rings is 1. The highest BCUT2D eigenvalue weighted by Crippen LogP contribution is 2.31. The van der Waals surface area contributed by atoms with Gasteiger partial charge in [0.15, 0.2) is 0 Å². The van der Waals surface area contributed by atoms with E-state index in [-0.39, 0.29) is 22.5 Å². The number of allylic oxidation sites excluding steroid dienone is 2. The normalized spacial score (nSPS) is 12.7. The first kappa shape index (κ1) is 19.1. The smallest absolute Gasteiger partial charge is 0.394 e. The molecule has 0 aliphatic carbocycles. The molecule has 3 aromatic rings. The minimum absolute atomic E-state index is 0.0319. The summed E-state index contributed by atoms with van der Waals surface area (Å²) in [5.41, 5.74) is 8.08. The maximum Gasteiger partial charge on any atom is 0.431 e. The number of nitrogens with one attached hydrogen (secondary N) is 1. The number of alkyl halides is 3. The molecule has 3 rings (SSSR count). The number of benzene rings is 1. The lowest BCUT2D eigenvalue weighted by Gasteiger charge is -2.16. The van der Waals surface area contributed by atoms with Gasteiger partial charge in [-0.15, -0.1) is 0 Å². The van der Waals surface area contributed by atoms with E-state index < -0.39 is 34.9 Å². The molecule has 28 heavy (non-hydrogen) atoms. The molecule has 0 spiro atoms. The van der Waals surface area contributed by atoms with E-state index >= 15 is 0 Å². The third kappa shape index (κ3) is 3.43. The number of nitrogens with two attached hydrogens (primary N) is 2. The van der Waals surface area contributed by atoms with E-state index in [4.69, 9.17) is 16.9 Å². The Morgan fingerprint density at radius 3 is 2.21 bits per heavy atom. The number of rotatable bonds is 4. The summed E-state index contributed by atoms with van der Waals surface area (Å²) in [6.45, 7) is 0. The topological polar surface area (TPSA) is 110 Å². The molecule has 0 unspecified atom stereocenters. The molecule has 0 aliphatic rings. The zero-order valence-electron chi connectivity index (χ0n) is 14.1. The molecule has 0 aliphatic heterocycles. The molecular weight excluding hydrogens is 378 g/mol. The summed E-state index contributed by atoms with van der Waals surface area (Å²) in [4.78, 5) is 15.4. The largest absolute Gasteiger partial charge is 0.431 e. The van der Waals surface area contributed by atoms with Gasteiger partial charge in [0.2, 0.25) is 0 Å². The molecule has 1 amide bonds. The quantitative estimate of drug-likeness (QED) is 0.470. The van der Waals surface area contributed by atoms with Gasteiger partial charge < -0.3 is 11.5 Å².